The highest BCUT2D eigenvalue weighted by Gasteiger charge is 2.15. The predicted molar refractivity (Wildman–Crippen MR) is 133 cm³/mol. The second-order valence-corrected chi connectivity index (χ2v) is 8.25. The van der Waals surface area contributed by atoms with E-state index in [0.29, 0.717) is 16.4 Å². The van der Waals surface area contributed by atoms with Crippen LogP contribution in [0.15, 0.2) is 108 Å². The maximum atomic E-state index is 4.77. The highest BCUT2D eigenvalue weighted by Crippen LogP contribution is 2.34. The van der Waals surface area contributed by atoms with E-state index in [1.165, 1.54) is 16.3 Å². The Morgan fingerprint density at radius 1 is 0.531 bits per heavy atom. The van der Waals surface area contributed by atoms with Gasteiger partial charge in [-0.05, 0) is 52.3 Å². The van der Waals surface area contributed by atoms with Crippen LogP contribution in [0.25, 0.3) is 50.3 Å². The van der Waals surface area contributed by atoms with Crippen molar-refractivity contribution < 1.29 is 0 Å². The summed E-state index contributed by atoms with van der Waals surface area (Å²) in [4.78, 5) is 13.8. The first-order chi connectivity index (χ1) is 15.8. The fourth-order valence-electron chi connectivity index (χ4n) is 4.16. The highest BCUT2D eigenvalue weighted by molar-refractivity contribution is 9.10. The number of para-hydroxylation sites is 2. The Morgan fingerprint density at radius 2 is 1.16 bits per heavy atom. The lowest BCUT2D eigenvalue weighted by Crippen LogP contribution is -1.97. The third kappa shape index (κ3) is 3.18. The van der Waals surface area contributed by atoms with Crippen molar-refractivity contribution in [2.75, 3.05) is 0 Å². The Bertz CT molecular complexity index is 1570. The van der Waals surface area contributed by atoms with Crippen LogP contribution in [0.4, 0.5) is 0 Å². The molecule has 6 rings (SSSR count). The lowest BCUT2D eigenvalue weighted by molar-refractivity contribution is 1.03. The van der Waals surface area contributed by atoms with Crippen molar-refractivity contribution in [2.45, 2.75) is 0 Å². The first kappa shape index (κ1) is 18.9. The first-order valence-corrected chi connectivity index (χ1v) is 11.1. The van der Waals surface area contributed by atoms with Gasteiger partial charge in [0.25, 0.3) is 0 Å². The van der Waals surface area contributed by atoms with E-state index in [9.17, 15) is 0 Å². The van der Waals surface area contributed by atoms with Gasteiger partial charge in [-0.2, -0.15) is 0 Å². The number of nitrogens with zero attached hydrogens (tertiary/aromatic N) is 4. The highest BCUT2D eigenvalue weighted by atomic mass is 79.9. The average molecular weight is 477 g/mol. The molecule has 32 heavy (non-hydrogen) atoms. The molecule has 0 radical (unpaired) electrons. The summed E-state index contributed by atoms with van der Waals surface area (Å²) in [6, 6.07) is 35.3. The van der Waals surface area contributed by atoms with Gasteiger partial charge in [-0.1, -0.05) is 66.7 Å². The van der Waals surface area contributed by atoms with E-state index in [4.69, 9.17) is 4.98 Å². The van der Waals surface area contributed by atoms with Crippen LogP contribution in [0.5, 0.6) is 0 Å². The Kier molecular flexibility index (Phi) is 4.55. The molecule has 6 aromatic rings. The fourth-order valence-corrected chi connectivity index (χ4v) is 4.50. The summed E-state index contributed by atoms with van der Waals surface area (Å²) < 4.78 is 2.82. The summed E-state index contributed by atoms with van der Waals surface area (Å²) in [6.07, 6.45) is 0. The van der Waals surface area contributed by atoms with Gasteiger partial charge in [-0.25, -0.2) is 15.0 Å². The molecule has 2 heterocycles. The smallest absolute Gasteiger partial charge is 0.200 e. The fraction of sp³-hybridized carbons (Fsp3) is 0. The number of hydrogen-bond donors (Lipinski definition) is 0. The molecule has 4 nitrogen and oxygen atoms in total. The van der Waals surface area contributed by atoms with Gasteiger partial charge in [0.05, 0.1) is 11.0 Å². The minimum Gasteiger partial charge on any atom is -0.309 e. The van der Waals surface area contributed by atoms with Gasteiger partial charge in [0.2, 0.25) is 4.73 Å². The van der Waals surface area contributed by atoms with Crippen LogP contribution in [-0.4, -0.2) is 19.5 Å². The molecule has 0 atom stereocenters. The molecule has 0 aliphatic carbocycles. The molecular weight excluding hydrogens is 460 g/mol. The number of benzene rings is 4. The predicted octanol–water partition coefficient (Wildman–Crippen LogP) is 7.07. The lowest BCUT2D eigenvalue weighted by Gasteiger charge is -2.08. The molecule has 0 N–H and O–H groups in total. The van der Waals surface area contributed by atoms with Crippen LogP contribution in [0, 0.1) is 0 Å². The SMILES string of the molecule is Brc1nc(-c2ccccc2)nc(-c2ccc3c(c2)c2ccccc2n3-c2ccccc2)n1. The van der Waals surface area contributed by atoms with Crippen molar-refractivity contribution in [3.63, 3.8) is 0 Å². The molecule has 4 aromatic carbocycles. The second-order valence-electron chi connectivity index (χ2n) is 7.54. The molecule has 0 saturated heterocycles. The van der Waals surface area contributed by atoms with Gasteiger partial charge >= 0.3 is 0 Å². The van der Waals surface area contributed by atoms with E-state index < -0.39 is 0 Å². The maximum Gasteiger partial charge on any atom is 0.200 e. The van der Waals surface area contributed by atoms with Crippen LogP contribution >= 0.6 is 15.9 Å². The molecule has 0 fully saturated rings. The molecule has 152 valence electrons. The van der Waals surface area contributed by atoms with Crippen molar-refractivity contribution in [2.24, 2.45) is 0 Å². The molecule has 5 heteroatoms. The summed E-state index contributed by atoms with van der Waals surface area (Å²) in [5.41, 5.74) is 5.37. The average Bonchev–Trinajstić information content (AvgIpc) is 3.18. The van der Waals surface area contributed by atoms with Crippen LogP contribution in [-0.2, 0) is 0 Å². The van der Waals surface area contributed by atoms with E-state index in [1.54, 1.807) is 0 Å². The third-order valence-corrected chi connectivity index (χ3v) is 5.94. The lowest BCUT2D eigenvalue weighted by atomic mass is 10.1. The van der Waals surface area contributed by atoms with Crippen molar-refractivity contribution in [3.8, 4) is 28.5 Å². The Labute approximate surface area is 193 Å². The molecule has 0 unspecified atom stereocenters. The van der Waals surface area contributed by atoms with Crippen molar-refractivity contribution in [1.82, 2.24) is 19.5 Å². The van der Waals surface area contributed by atoms with E-state index in [1.807, 2.05) is 36.4 Å². The summed E-state index contributed by atoms with van der Waals surface area (Å²) in [5, 5.41) is 2.37. The van der Waals surface area contributed by atoms with Gasteiger partial charge in [0, 0.05) is 27.6 Å². The molecule has 0 aliphatic rings. The number of hydrogen-bond acceptors (Lipinski definition) is 3. The maximum absolute atomic E-state index is 4.77. The summed E-state index contributed by atoms with van der Waals surface area (Å²) in [6.45, 7) is 0. The van der Waals surface area contributed by atoms with Gasteiger partial charge < -0.3 is 4.57 Å². The summed E-state index contributed by atoms with van der Waals surface area (Å²) in [5.74, 6) is 1.29. The van der Waals surface area contributed by atoms with E-state index in [2.05, 4.69) is 97.2 Å². The van der Waals surface area contributed by atoms with E-state index >= 15 is 0 Å². The van der Waals surface area contributed by atoms with Crippen LogP contribution < -0.4 is 0 Å². The number of aromatic nitrogens is 4. The number of rotatable bonds is 3. The van der Waals surface area contributed by atoms with Gasteiger partial charge in [-0.15, -0.1) is 0 Å². The monoisotopic (exact) mass is 476 g/mol. The third-order valence-electron chi connectivity index (χ3n) is 5.59. The zero-order valence-electron chi connectivity index (χ0n) is 17.0. The zero-order valence-corrected chi connectivity index (χ0v) is 18.6. The Morgan fingerprint density at radius 3 is 1.94 bits per heavy atom. The Hall–Kier alpha value is -3.83. The van der Waals surface area contributed by atoms with Gasteiger partial charge in [0.15, 0.2) is 11.6 Å². The minimum atomic E-state index is 0.521. The normalized spacial score (nSPS) is 11.3. The molecule has 0 saturated carbocycles. The largest absolute Gasteiger partial charge is 0.309 e. The molecule has 0 bridgehead atoms. The molecule has 0 aliphatic heterocycles. The van der Waals surface area contributed by atoms with E-state index in [-0.39, 0.29) is 0 Å². The topological polar surface area (TPSA) is 43.6 Å². The van der Waals surface area contributed by atoms with Crippen molar-refractivity contribution in [3.05, 3.63) is 108 Å². The molecule has 0 spiro atoms. The van der Waals surface area contributed by atoms with Crippen LogP contribution in [0.1, 0.15) is 0 Å². The summed E-state index contributed by atoms with van der Waals surface area (Å²) in [7, 11) is 0. The summed E-state index contributed by atoms with van der Waals surface area (Å²) >= 11 is 3.47. The van der Waals surface area contributed by atoms with Crippen LogP contribution in [0.2, 0.25) is 0 Å². The van der Waals surface area contributed by atoms with Gasteiger partial charge in [0.1, 0.15) is 0 Å². The minimum absolute atomic E-state index is 0.521. The second kappa shape index (κ2) is 7.70. The molecule has 2 aromatic heterocycles. The first-order valence-electron chi connectivity index (χ1n) is 10.3. The van der Waals surface area contributed by atoms with E-state index in [0.717, 1.165) is 22.3 Å². The number of halogens is 1. The van der Waals surface area contributed by atoms with Crippen molar-refractivity contribution >= 4 is 37.7 Å². The molecular formula is C27H17BrN4. The number of fused-ring (bicyclic) bond motifs is 3. The quantitative estimate of drug-likeness (QED) is 0.274. The van der Waals surface area contributed by atoms with Gasteiger partial charge in [-0.3, -0.25) is 0 Å². The van der Waals surface area contributed by atoms with Crippen molar-refractivity contribution in [1.29, 1.82) is 0 Å². The molecule has 0 amide bonds. The Balaban J connectivity index is 1.58. The zero-order chi connectivity index (χ0) is 21.5. The standard InChI is InChI=1S/C27H17BrN4/c28-27-30-25(18-9-3-1-4-10-18)29-26(31-27)19-15-16-24-22(17-19)21-13-7-8-14-23(21)32(24)20-11-5-2-6-12-20/h1-17H. The van der Waals surface area contributed by atoms with Crippen LogP contribution in [0.3, 0.4) is 0 Å².